The third-order valence-electron chi connectivity index (χ3n) is 6.13. The van der Waals surface area contributed by atoms with Gasteiger partial charge in [0.15, 0.2) is 0 Å². The highest BCUT2D eigenvalue weighted by atomic mass is 16.3. The molecule has 0 aromatic carbocycles. The van der Waals surface area contributed by atoms with Crippen LogP contribution in [0.2, 0.25) is 0 Å². The maximum absolute atomic E-state index is 10.3. The maximum atomic E-state index is 10.3. The minimum absolute atomic E-state index is 0.0827. The van der Waals surface area contributed by atoms with E-state index in [9.17, 15) is 10.2 Å². The Kier molecular flexibility index (Phi) is 2.32. The van der Waals surface area contributed by atoms with E-state index < -0.39 is 12.2 Å². The lowest BCUT2D eigenvalue weighted by molar-refractivity contribution is -0.0499. The van der Waals surface area contributed by atoms with E-state index in [1.807, 2.05) is 0 Å². The molecule has 4 bridgehead atoms. The molecule has 3 aliphatic rings. The van der Waals surface area contributed by atoms with Gasteiger partial charge in [0.05, 0.1) is 12.2 Å². The molecule has 0 radical (unpaired) electrons. The van der Waals surface area contributed by atoms with Crippen molar-refractivity contribution in [1.29, 1.82) is 0 Å². The van der Waals surface area contributed by atoms with E-state index in [4.69, 9.17) is 0 Å². The van der Waals surface area contributed by atoms with Crippen LogP contribution in [0.3, 0.4) is 0 Å². The summed E-state index contributed by atoms with van der Waals surface area (Å²) < 4.78 is 0. The zero-order valence-electron chi connectivity index (χ0n) is 11.1. The molecule has 7 atom stereocenters. The molecule has 96 valence electrons. The fourth-order valence-electron chi connectivity index (χ4n) is 5.24. The zero-order valence-corrected chi connectivity index (χ0v) is 11.1. The fraction of sp³-hybridized carbons (Fsp3) is 0.867. The number of rotatable bonds is 1. The Morgan fingerprint density at radius 2 is 1.94 bits per heavy atom. The molecule has 0 aromatic heterocycles. The first-order valence-electron chi connectivity index (χ1n) is 6.95. The molecule has 0 spiro atoms. The van der Waals surface area contributed by atoms with Gasteiger partial charge in [-0.1, -0.05) is 32.9 Å². The fourth-order valence-corrected chi connectivity index (χ4v) is 5.24. The molecule has 0 amide bonds. The molecule has 3 fully saturated rings. The predicted octanol–water partition coefficient (Wildman–Crippen LogP) is 2.21. The van der Waals surface area contributed by atoms with Crippen LogP contribution in [0.1, 0.15) is 33.6 Å². The summed E-state index contributed by atoms with van der Waals surface area (Å²) in [5.41, 5.74) is 1.30. The van der Waals surface area contributed by atoms with Gasteiger partial charge in [0.1, 0.15) is 0 Å². The van der Waals surface area contributed by atoms with Crippen molar-refractivity contribution < 1.29 is 10.2 Å². The van der Waals surface area contributed by atoms with Gasteiger partial charge < -0.3 is 10.2 Å². The van der Waals surface area contributed by atoms with Crippen LogP contribution in [0.15, 0.2) is 12.2 Å². The van der Waals surface area contributed by atoms with Gasteiger partial charge in [-0.05, 0) is 36.0 Å². The highest BCUT2D eigenvalue weighted by molar-refractivity contribution is 5.33. The molecule has 0 heterocycles. The number of hydrogen-bond acceptors (Lipinski definition) is 2. The quantitative estimate of drug-likeness (QED) is 0.685. The molecule has 2 heteroatoms. The summed E-state index contributed by atoms with van der Waals surface area (Å²) in [4.78, 5) is 0. The maximum Gasteiger partial charge on any atom is 0.0870 e. The Morgan fingerprint density at radius 3 is 2.53 bits per heavy atom. The van der Waals surface area contributed by atoms with Crippen LogP contribution < -0.4 is 0 Å². The number of hydrogen-bond donors (Lipinski definition) is 2. The molecule has 3 saturated carbocycles. The SMILES string of the molecule is C=C1[C@@H]2[C@H](O)[C@H](O)[C@H]3[C@H]2[C@@H](C(C)C)CC[C@@]13C. The first-order chi connectivity index (χ1) is 7.89. The van der Waals surface area contributed by atoms with Crippen molar-refractivity contribution in [2.75, 3.05) is 0 Å². The molecular formula is C15H24O2. The summed E-state index contributed by atoms with van der Waals surface area (Å²) in [6.45, 7) is 11.0. The molecular weight excluding hydrogens is 212 g/mol. The highest BCUT2D eigenvalue weighted by Crippen LogP contribution is 2.69. The zero-order chi connectivity index (χ0) is 12.5. The minimum atomic E-state index is -0.565. The van der Waals surface area contributed by atoms with Crippen molar-refractivity contribution in [3.8, 4) is 0 Å². The molecule has 2 nitrogen and oxygen atoms in total. The number of aliphatic hydroxyl groups is 2. The van der Waals surface area contributed by atoms with Gasteiger partial charge in [0.25, 0.3) is 0 Å². The summed E-state index contributed by atoms with van der Waals surface area (Å²) >= 11 is 0. The molecule has 0 aliphatic heterocycles. The topological polar surface area (TPSA) is 40.5 Å². The minimum Gasteiger partial charge on any atom is -0.390 e. The van der Waals surface area contributed by atoms with Gasteiger partial charge in [-0.2, -0.15) is 0 Å². The summed E-state index contributed by atoms with van der Waals surface area (Å²) in [7, 11) is 0. The monoisotopic (exact) mass is 236 g/mol. The molecule has 17 heavy (non-hydrogen) atoms. The van der Waals surface area contributed by atoms with Crippen molar-refractivity contribution in [2.45, 2.75) is 45.8 Å². The Bertz CT molecular complexity index is 362. The second-order valence-electron chi connectivity index (χ2n) is 7.00. The Morgan fingerprint density at radius 1 is 1.29 bits per heavy atom. The van der Waals surface area contributed by atoms with E-state index in [2.05, 4.69) is 27.4 Å². The summed E-state index contributed by atoms with van der Waals surface area (Å²) in [6, 6.07) is 0. The molecule has 2 N–H and O–H groups in total. The van der Waals surface area contributed by atoms with Crippen LogP contribution in [0.25, 0.3) is 0 Å². The third kappa shape index (κ3) is 1.18. The Labute approximate surface area is 104 Å². The Balaban J connectivity index is 2.06. The van der Waals surface area contributed by atoms with E-state index in [1.54, 1.807) is 0 Å². The molecule has 3 aliphatic carbocycles. The van der Waals surface area contributed by atoms with E-state index in [0.29, 0.717) is 17.8 Å². The third-order valence-corrected chi connectivity index (χ3v) is 6.13. The smallest absolute Gasteiger partial charge is 0.0870 e. The van der Waals surface area contributed by atoms with Gasteiger partial charge in [0.2, 0.25) is 0 Å². The van der Waals surface area contributed by atoms with Crippen LogP contribution >= 0.6 is 0 Å². The van der Waals surface area contributed by atoms with Crippen molar-refractivity contribution in [2.24, 2.45) is 35.0 Å². The van der Waals surface area contributed by atoms with Crippen molar-refractivity contribution >= 4 is 0 Å². The lowest BCUT2D eigenvalue weighted by Gasteiger charge is -2.45. The van der Waals surface area contributed by atoms with E-state index >= 15 is 0 Å². The highest BCUT2D eigenvalue weighted by Gasteiger charge is 2.68. The van der Waals surface area contributed by atoms with Crippen LogP contribution in [0.4, 0.5) is 0 Å². The molecule has 0 saturated heterocycles. The van der Waals surface area contributed by atoms with Crippen LogP contribution in [-0.2, 0) is 0 Å². The predicted molar refractivity (Wildman–Crippen MR) is 67.3 cm³/mol. The normalized spacial score (nSPS) is 56.9. The lowest BCUT2D eigenvalue weighted by atomic mass is 9.61. The van der Waals surface area contributed by atoms with Crippen molar-refractivity contribution in [1.82, 2.24) is 0 Å². The average molecular weight is 236 g/mol. The first kappa shape index (κ1) is 11.7. The van der Waals surface area contributed by atoms with Gasteiger partial charge in [0, 0.05) is 11.8 Å². The first-order valence-corrected chi connectivity index (χ1v) is 6.95. The van der Waals surface area contributed by atoms with Crippen LogP contribution in [0, 0.1) is 35.0 Å². The molecule has 0 unspecified atom stereocenters. The van der Waals surface area contributed by atoms with Gasteiger partial charge in [-0.3, -0.25) is 0 Å². The van der Waals surface area contributed by atoms with Crippen LogP contribution in [0.5, 0.6) is 0 Å². The van der Waals surface area contributed by atoms with Gasteiger partial charge in [-0.25, -0.2) is 0 Å². The standard InChI is InChI=1S/C15H24O2/c1-7(2)9-5-6-15(4)8(3)10-11(9)12(15)14(17)13(10)16/h7,9-14,16-17H,3,5-6H2,1-2,4H3/t9-,10+,11+,12-,13+,14-,15+/m1/s1. The molecule has 0 aromatic rings. The summed E-state index contributed by atoms with van der Waals surface area (Å²) in [5.74, 6) is 2.14. The second kappa shape index (κ2) is 3.36. The van der Waals surface area contributed by atoms with E-state index in [-0.39, 0.29) is 17.3 Å². The summed E-state index contributed by atoms with van der Waals surface area (Å²) in [5, 5.41) is 20.5. The van der Waals surface area contributed by atoms with Gasteiger partial charge in [-0.15, -0.1) is 0 Å². The van der Waals surface area contributed by atoms with Crippen molar-refractivity contribution in [3.63, 3.8) is 0 Å². The second-order valence-corrected chi connectivity index (χ2v) is 7.00. The molecule has 3 rings (SSSR count). The summed E-state index contributed by atoms with van der Waals surface area (Å²) in [6.07, 6.45) is 1.27. The lowest BCUT2D eigenvalue weighted by Crippen LogP contribution is -2.45. The van der Waals surface area contributed by atoms with Gasteiger partial charge >= 0.3 is 0 Å². The largest absolute Gasteiger partial charge is 0.390 e. The van der Waals surface area contributed by atoms with E-state index in [0.717, 1.165) is 6.42 Å². The van der Waals surface area contributed by atoms with Crippen LogP contribution in [-0.4, -0.2) is 22.4 Å². The van der Waals surface area contributed by atoms with E-state index in [1.165, 1.54) is 12.0 Å². The number of aliphatic hydroxyl groups excluding tert-OH is 2. The average Bonchev–Trinajstić information content (AvgIpc) is 2.58. The van der Waals surface area contributed by atoms with Crippen molar-refractivity contribution in [3.05, 3.63) is 12.2 Å². The Hall–Kier alpha value is -0.340.